The summed E-state index contributed by atoms with van der Waals surface area (Å²) in [6.07, 6.45) is 4.98. The summed E-state index contributed by atoms with van der Waals surface area (Å²) >= 11 is 0. The Bertz CT molecular complexity index is 907. The normalized spacial score (nSPS) is 14.0. The summed E-state index contributed by atoms with van der Waals surface area (Å²) in [5.74, 6) is 2.36. The first-order valence-electron chi connectivity index (χ1n) is 9.88. The van der Waals surface area contributed by atoms with Crippen LogP contribution in [-0.4, -0.2) is 23.1 Å². The van der Waals surface area contributed by atoms with Crippen molar-refractivity contribution >= 4 is 11.8 Å². The van der Waals surface area contributed by atoms with Gasteiger partial charge in [-0.2, -0.15) is 4.98 Å². The van der Waals surface area contributed by atoms with Gasteiger partial charge in [0.25, 0.3) is 0 Å². The zero-order chi connectivity index (χ0) is 19.2. The maximum atomic E-state index is 5.45. The van der Waals surface area contributed by atoms with E-state index in [1.165, 1.54) is 25.7 Å². The van der Waals surface area contributed by atoms with E-state index in [4.69, 9.17) is 14.7 Å². The molecule has 1 aromatic heterocycles. The predicted molar refractivity (Wildman–Crippen MR) is 114 cm³/mol. The molecule has 2 N–H and O–H groups in total. The average Bonchev–Trinajstić information content (AvgIpc) is 3.26. The number of ether oxygens (including phenoxy) is 1. The molecule has 3 aromatic rings. The molecular formula is C23H26N4O. The maximum absolute atomic E-state index is 5.45. The molecule has 0 unspecified atom stereocenters. The third-order valence-electron chi connectivity index (χ3n) is 5.13. The van der Waals surface area contributed by atoms with Crippen molar-refractivity contribution in [3.63, 3.8) is 0 Å². The van der Waals surface area contributed by atoms with Gasteiger partial charge in [0.05, 0.1) is 12.8 Å². The second-order valence-electron chi connectivity index (χ2n) is 7.12. The summed E-state index contributed by atoms with van der Waals surface area (Å²) < 4.78 is 5.45. The maximum Gasteiger partial charge on any atom is 0.225 e. The zero-order valence-electron chi connectivity index (χ0n) is 16.2. The van der Waals surface area contributed by atoms with Gasteiger partial charge in [-0.25, -0.2) is 4.98 Å². The lowest BCUT2D eigenvalue weighted by atomic mass is 10.1. The SMILES string of the molecule is COc1ccccc1CNc1nc(NC2CCCC2)cc(-c2ccccc2)n1. The van der Waals surface area contributed by atoms with Crippen LogP contribution in [-0.2, 0) is 6.54 Å². The van der Waals surface area contributed by atoms with Crippen molar-refractivity contribution in [3.8, 4) is 17.0 Å². The number of anilines is 2. The lowest BCUT2D eigenvalue weighted by Gasteiger charge is -2.16. The first-order chi connectivity index (χ1) is 13.8. The molecule has 0 saturated heterocycles. The molecule has 5 nitrogen and oxygen atoms in total. The molecule has 5 heteroatoms. The molecule has 2 aromatic carbocycles. The van der Waals surface area contributed by atoms with Crippen molar-refractivity contribution in [1.29, 1.82) is 0 Å². The Kier molecular flexibility index (Phi) is 5.71. The second kappa shape index (κ2) is 8.74. The minimum Gasteiger partial charge on any atom is -0.496 e. The van der Waals surface area contributed by atoms with Gasteiger partial charge >= 0.3 is 0 Å². The summed E-state index contributed by atoms with van der Waals surface area (Å²) in [4.78, 5) is 9.46. The quantitative estimate of drug-likeness (QED) is 0.601. The highest BCUT2D eigenvalue weighted by atomic mass is 16.5. The van der Waals surface area contributed by atoms with Crippen molar-refractivity contribution < 1.29 is 4.74 Å². The van der Waals surface area contributed by atoms with Gasteiger partial charge in [-0.1, -0.05) is 61.4 Å². The molecule has 4 rings (SSSR count). The third kappa shape index (κ3) is 4.42. The molecule has 0 spiro atoms. The number of benzene rings is 2. The lowest BCUT2D eigenvalue weighted by Crippen LogP contribution is -2.16. The fourth-order valence-corrected chi connectivity index (χ4v) is 3.66. The number of hydrogen-bond acceptors (Lipinski definition) is 5. The zero-order valence-corrected chi connectivity index (χ0v) is 16.2. The number of aromatic nitrogens is 2. The fourth-order valence-electron chi connectivity index (χ4n) is 3.66. The highest BCUT2D eigenvalue weighted by Gasteiger charge is 2.16. The molecular weight excluding hydrogens is 348 g/mol. The minimum absolute atomic E-state index is 0.501. The van der Waals surface area contributed by atoms with Crippen LogP contribution in [0.3, 0.4) is 0 Å². The fraction of sp³-hybridized carbons (Fsp3) is 0.304. The van der Waals surface area contributed by atoms with Crippen LogP contribution in [0, 0.1) is 0 Å². The molecule has 0 atom stereocenters. The van der Waals surface area contributed by atoms with Gasteiger partial charge in [-0.15, -0.1) is 0 Å². The highest BCUT2D eigenvalue weighted by Crippen LogP contribution is 2.26. The molecule has 0 bridgehead atoms. The predicted octanol–water partition coefficient (Wildman–Crippen LogP) is 5.12. The molecule has 1 aliphatic rings. The molecule has 1 heterocycles. The number of nitrogens with one attached hydrogen (secondary N) is 2. The Labute approximate surface area is 166 Å². The molecule has 0 aliphatic heterocycles. The minimum atomic E-state index is 0.501. The van der Waals surface area contributed by atoms with Gasteiger partial charge in [0, 0.05) is 29.8 Å². The van der Waals surface area contributed by atoms with Crippen LogP contribution in [0.1, 0.15) is 31.2 Å². The summed E-state index contributed by atoms with van der Waals surface area (Å²) in [6.45, 7) is 0.602. The van der Waals surface area contributed by atoms with Gasteiger partial charge in [0.1, 0.15) is 11.6 Å². The van der Waals surface area contributed by atoms with Crippen LogP contribution in [0.25, 0.3) is 11.3 Å². The molecule has 28 heavy (non-hydrogen) atoms. The van der Waals surface area contributed by atoms with Crippen LogP contribution < -0.4 is 15.4 Å². The second-order valence-corrected chi connectivity index (χ2v) is 7.12. The van der Waals surface area contributed by atoms with E-state index in [1.807, 2.05) is 48.5 Å². The standard InChI is InChI=1S/C23H26N4O/c1-28-21-14-8-5-11-18(21)16-24-23-26-20(17-9-3-2-4-10-17)15-22(27-23)25-19-12-6-7-13-19/h2-5,8-11,14-15,19H,6-7,12-13,16H2,1H3,(H2,24,25,26,27). The highest BCUT2D eigenvalue weighted by molar-refractivity contribution is 5.64. The van der Waals surface area contributed by atoms with Crippen LogP contribution in [0.15, 0.2) is 60.7 Å². The van der Waals surface area contributed by atoms with Crippen molar-refractivity contribution in [2.45, 2.75) is 38.3 Å². The topological polar surface area (TPSA) is 59.1 Å². The van der Waals surface area contributed by atoms with E-state index in [0.717, 1.165) is 28.4 Å². The van der Waals surface area contributed by atoms with E-state index in [1.54, 1.807) is 7.11 Å². The number of methoxy groups -OCH3 is 1. The summed E-state index contributed by atoms with van der Waals surface area (Å²) in [7, 11) is 1.69. The summed E-state index contributed by atoms with van der Waals surface area (Å²) in [5, 5.41) is 6.97. The first-order valence-corrected chi connectivity index (χ1v) is 9.88. The molecule has 1 fully saturated rings. The molecule has 144 valence electrons. The Morgan fingerprint density at radius 3 is 2.50 bits per heavy atom. The van der Waals surface area contributed by atoms with Crippen molar-refractivity contribution in [1.82, 2.24) is 9.97 Å². The third-order valence-corrected chi connectivity index (χ3v) is 5.13. The van der Waals surface area contributed by atoms with Crippen LogP contribution in [0.2, 0.25) is 0 Å². The Hall–Kier alpha value is -3.08. The van der Waals surface area contributed by atoms with Gasteiger partial charge in [-0.3, -0.25) is 0 Å². The van der Waals surface area contributed by atoms with Crippen molar-refractivity contribution in [3.05, 3.63) is 66.2 Å². The van der Waals surface area contributed by atoms with Crippen LogP contribution in [0.4, 0.5) is 11.8 Å². The monoisotopic (exact) mass is 374 g/mol. The van der Waals surface area contributed by atoms with Gasteiger partial charge < -0.3 is 15.4 Å². The summed E-state index contributed by atoms with van der Waals surface area (Å²) in [6, 6.07) is 20.8. The van der Waals surface area contributed by atoms with E-state index in [2.05, 4.69) is 22.8 Å². The van der Waals surface area contributed by atoms with E-state index < -0.39 is 0 Å². The van der Waals surface area contributed by atoms with Gasteiger partial charge in [0.2, 0.25) is 5.95 Å². The number of hydrogen-bond donors (Lipinski definition) is 2. The lowest BCUT2D eigenvalue weighted by molar-refractivity contribution is 0.410. The van der Waals surface area contributed by atoms with E-state index in [0.29, 0.717) is 18.5 Å². The number of nitrogens with zero attached hydrogens (tertiary/aromatic N) is 2. The van der Waals surface area contributed by atoms with Gasteiger partial charge in [0.15, 0.2) is 0 Å². The smallest absolute Gasteiger partial charge is 0.225 e. The first kappa shape index (κ1) is 18.3. The van der Waals surface area contributed by atoms with Crippen molar-refractivity contribution in [2.24, 2.45) is 0 Å². The largest absolute Gasteiger partial charge is 0.496 e. The van der Waals surface area contributed by atoms with E-state index in [9.17, 15) is 0 Å². The van der Waals surface area contributed by atoms with E-state index >= 15 is 0 Å². The van der Waals surface area contributed by atoms with E-state index in [-0.39, 0.29) is 0 Å². The molecule has 1 aliphatic carbocycles. The number of para-hydroxylation sites is 1. The average molecular weight is 374 g/mol. The molecule has 0 amide bonds. The Morgan fingerprint density at radius 1 is 0.964 bits per heavy atom. The molecule has 1 saturated carbocycles. The molecule has 0 radical (unpaired) electrons. The Balaban J connectivity index is 1.59. The Morgan fingerprint density at radius 2 is 1.71 bits per heavy atom. The van der Waals surface area contributed by atoms with Gasteiger partial charge in [-0.05, 0) is 18.9 Å². The van der Waals surface area contributed by atoms with Crippen molar-refractivity contribution in [2.75, 3.05) is 17.7 Å². The summed E-state index contributed by atoms with van der Waals surface area (Å²) in [5.41, 5.74) is 3.07. The van der Waals surface area contributed by atoms with Crippen LogP contribution in [0.5, 0.6) is 5.75 Å². The number of rotatable bonds is 7. The van der Waals surface area contributed by atoms with Crippen LogP contribution >= 0.6 is 0 Å².